The fourth-order valence-electron chi connectivity index (χ4n) is 6.46. The van der Waals surface area contributed by atoms with Crippen molar-refractivity contribution in [1.29, 1.82) is 0 Å². The van der Waals surface area contributed by atoms with E-state index in [1.54, 1.807) is 0 Å². The third kappa shape index (κ3) is 4.97. The van der Waals surface area contributed by atoms with Crippen LogP contribution >= 0.6 is 0 Å². The first-order valence-electron chi connectivity index (χ1n) is 15.3. The SMILES string of the molecule is N/C(=C\C(c1ccccc1)c1cccc(-c2cccc3c2oc2c4ccccc4ccc32)c1)c1ccc(-c2ccccc2)cc1. The number of allylic oxidation sites excluding steroid dienone is 1. The molecule has 1 aromatic heterocycles. The molecule has 0 bridgehead atoms. The lowest BCUT2D eigenvalue weighted by Crippen LogP contribution is -2.04. The maximum atomic E-state index is 6.82. The number of fused-ring (bicyclic) bond motifs is 5. The first-order chi connectivity index (χ1) is 22.2. The zero-order valence-corrected chi connectivity index (χ0v) is 24.7. The monoisotopic (exact) mass is 577 g/mol. The van der Waals surface area contributed by atoms with E-state index in [1.165, 1.54) is 27.6 Å². The molecule has 0 saturated heterocycles. The predicted octanol–water partition coefficient (Wildman–Crippen LogP) is 11.2. The number of benzene rings is 7. The zero-order chi connectivity index (χ0) is 30.2. The van der Waals surface area contributed by atoms with Gasteiger partial charge in [0.2, 0.25) is 0 Å². The Morgan fingerprint density at radius 1 is 0.489 bits per heavy atom. The normalized spacial score (nSPS) is 12.6. The van der Waals surface area contributed by atoms with Crippen LogP contribution in [0.3, 0.4) is 0 Å². The minimum Gasteiger partial charge on any atom is -0.455 e. The molecule has 8 rings (SSSR count). The van der Waals surface area contributed by atoms with Gasteiger partial charge in [-0.15, -0.1) is 0 Å². The lowest BCUT2D eigenvalue weighted by atomic mass is 9.87. The molecule has 7 aromatic carbocycles. The highest BCUT2D eigenvalue weighted by Gasteiger charge is 2.17. The molecule has 2 N–H and O–H groups in total. The van der Waals surface area contributed by atoms with Gasteiger partial charge in [0.25, 0.3) is 0 Å². The zero-order valence-electron chi connectivity index (χ0n) is 24.7. The Kier molecular flexibility index (Phi) is 6.73. The molecule has 2 nitrogen and oxygen atoms in total. The highest BCUT2D eigenvalue weighted by atomic mass is 16.3. The topological polar surface area (TPSA) is 39.2 Å². The standard InChI is InChI=1S/C43H31NO/c44-41(33-23-21-30(22-24-33)29-11-3-1-4-12-29)28-40(31-13-5-2-6-14-31)35-17-9-16-34(27-35)37-19-10-20-38-39-26-25-32-15-7-8-18-36(32)42(39)45-43(37)38/h1-28,40H,44H2/b41-28-. The molecule has 45 heavy (non-hydrogen) atoms. The molecule has 0 aliphatic heterocycles. The van der Waals surface area contributed by atoms with E-state index in [1.807, 2.05) is 6.07 Å². The fraction of sp³-hybridized carbons (Fsp3) is 0.0233. The van der Waals surface area contributed by atoms with Crippen molar-refractivity contribution in [3.8, 4) is 22.3 Å². The van der Waals surface area contributed by atoms with Gasteiger partial charge in [0.1, 0.15) is 11.2 Å². The fourth-order valence-corrected chi connectivity index (χ4v) is 6.46. The van der Waals surface area contributed by atoms with Crippen LogP contribution in [0.1, 0.15) is 22.6 Å². The van der Waals surface area contributed by atoms with Crippen LogP contribution in [0.25, 0.3) is 60.7 Å². The van der Waals surface area contributed by atoms with Gasteiger partial charge in [0.05, 0.1) is 0 Å². The van der Waals surface area contributed by atoms with E-state index in [0.717, 1.165) is 49.7 Å². The third-order valence-electron chi connectivity index (χ3n) is 8.78. The first kappa shape index (κ1) is 26.7. The summed E-state index contributed by atoms with van der Waals surface area (Å²) in [5, 5.41) is 4.57. The lowest BCUT2D eigenvalue weighted by molar-refractivity contribution is 0.674. The molecule has 2 heteroatoms. The van der Waals surface area contributed by atoms with Crippen molar-refractivity contribution < 1.29 is 4.42 Å². The Morgan fingerprint density at radius 3 is 1.93 bits per heavy atom. The Labute approximate surface area is 262 Å². The van der Waals surface area contributed by atoms with Crippen molar-refractivity contribution in [1.82, 2.24) is 0 Å². The van der Waals surface area contributed by atoms with Crippen LogP contribution in [0.2, 0.25) is 0 Å². The number of rotatable bonds is 6. The van der Waals surface area contributed by atoms with E-state index >= 15 is 0 Å². The van der Waals surface area contributed by atoms with E-state index in [9.17, 15) is 0 Å². The summed E-state index contributed by atoms with van der Waals surface area (Å²) in [7, 11) is 0. The number of furan rings is 1. The van der Waals surface area contributed by atoms with E-state index in [0.29, 0.717) is 0 Å². The van der Waals surface area contributed by atoms with Crippen molar-refractivity contribution in [3.05, 3.63) is 187 Å². The van der Waals surface area contributed by atoms with Gasteiger partial charge in [-0.3, -0.25) is 0 Å². The molecule has 1 atom stereocenters. The van der Waals surface area contributed by atoms with Crippen LogP contribution in [0.5, 0.6) is 0 Å². The van der Waals surface area contributed by atoms with Crippen molar-refractivity contribution >= 4 is 38.4 Å². The Hall–Kier alpha value is -5.86. The summed E-state index contributed by atoms with van der Waals surface area (Å²) in [5.74, 6) is -0.0289. The van der Waals surface area contributed by atoms with Crippen molar-refractivity contribution in [2.45, 2.75) is 5.92 Å². The Morgan fingerprint density at radius 2 is 1.11 bits per heavy atom. The van der Waals surface area contributed by atoms with Gasteiger partial charge in [0.15, 0.2) is 0 Å². The molecular weight excluding hydrogens is 546 g/mol. The lowest BCUT2D eigenvalue weighted by Gasteiger charge is -2.17. The summed E-state index contributed by atoms with van der Waals surface area (Å²) >= 11 is 0. The Bertz CT molecular complexity index is 2310. The van der Waals surface area contributed by atoms with Gasteiger partial charge in [-0.05, 0) is 50.9 Å². The number of para-hydroxylation sites is 1. The number of hydrogen-bond donors (Lipinski definition) is 1. The third-order valence-corrected chi connectivity index (χ3v) is 8.78. The van der Waals surface area contributed by atoms with E-state index in [4.69, 9.17) is 10.2 Å². The molecule has 0 fully saturated rings. The first-order valence-corrected chi connectivity index (χ1v) is 15.3. The number of nitrogens with two attached hydrogens (primary N) is 1. The van der Waals surface area contributed by atoms with Gasteiger partial charge in [-0.2, -0.15) is 0 Å². The second-order valence-corrected chi connectivity index (χ2v) is 11.5. The second-order valence-electron chi connectivity index (χ2n) is 11.5. The average Bonchev–Trinajstić information content (AvgIpc) is 3.51. The molecule has 0 amide bonds. The predicted molar refractivity (Wildman–Crippen MR) is 189 cm³/mol. The van der Waals surface area contributed by atoms with Gasteiger partial charge in [-0.25, -0.2) is 0 Å². The van der Waals surface area contributed by atoms with Gasteiger partial charge in [-0.1, -0.05) is 158 Å². The molecule has 8 aromatic rings. The van der Waals surface area contributed by atoms with Crippen LogP contribution in [0, 0.1) is 0 Å². The van der Waals surface area contributed by atoms with Crippen LogP contribution in [0.15, 0.2) is 174 Å². The van der Waals surface area contributed by atoms with Crippen molar-refractivity contribution in [2.24, 2.45) is 5.73 Å². The smallest absolute Gasteiger partial charge is 0.143 e. The average molecular weight is 578 g/mol. The molecule has 1 heterocycles. The van der Waals surface area contributed by atoms with Crippen LogP contribution < -0.4 is 5.73 Å². The van der Waals surface area contributed by atoms with Crippen LogP contribution in [0.4, 0.5) is 0 Å². The molecular formula is C43H31NO. The van der Waals surface area contributed by atoms with E-state index in [2.05, 4.69) is 164 Å². The van der Waals surface area contributed by atoms with Crippen molar-refractivity contribution in [3.63, 3.8) is 0 Å². The summed E-state index contributed by atoms with van der Waals surface area (Å²) in [4.78, 5) is 0. The van der Waals surface area contributed by atoms with Crippen LogP contribution in [-0.2, 0) is 0 Å². The van der Waals surface area contributed by atoms with Crippen molar-refractivity contribution in [2.75, 3.05) is 0 Å². The van der Waals surface area contributed by atoms with E-state index in [-0.39, 0.29) is 5.92 Å². The van der Waals surface area contributed by atoms with Gasteiger partial charge < -0.3 is 10.2 Å². The maximum Gasteiger partial charge on any atom is 0.143 e. The highest BCUT2D eigenvalue weighted by Crippen LogP contribution is 2.40. The summed E-state index contributed by atoms with van der Waals surface area (Å²) in [5.41, 5.74) is 17.3. The maximum absolute atomic E-state index is 6.82. The van der Waals surface area contributed by atoms with Crippen LogP contribution in [-0.4, -0.2) is 0 Å². The summed E-state index contributed by atoms with van der Waals surface area (Å²) in [6.07, 6.45) is 2.18. The Balaban J connectivity index is 1.21. The van der Waals surface area contributed by atoms with Gasteiger partial charge in [0, 0.05) is 33.3 Å². The largest absolute Gasteiger partial charge is 0.455 e. The van der Waals surface area contributed by atoms with E-state index < -0.39 is 0 Å². The molecule has 0 aliphatic rings. The summed E-state index contributed by atoms with van der Waals surface area (Å²) in [6.45, 7) is 0. The molecule has 214 valence electrons. The molecule has 1 unspecified atom stereocenters. The molecule has 0 spiro atoms. The minimum atomic E-state index is -0.0289. The molecule has 0 aliphatic carbocycles. The van der Waals surface area contributed by atoms with Gasteiger partial charge >= 0.3 is 0 Å². The summed E-state index contributed by atoms with van der Waals surface area (Å²) < 4.78 is 6.67. The minimum absolute atomic E-state index is 0.0289. The quantitative estimate of drug-likeness (QED) is 0.213. The summed E-state index contributed by atoms with van der Waals surface area (Å²) in [6, 6.07) is 57.4. The molecule has 0 saturated carbocycles. The number of hydrogen-bond acceptors (Lipinski definition) is 2. The molecule has 0 radical (unpaired) electrons. The second kappa shape index (κ2) is 11.3. The highest BCUT2D eigenvalue weighted by molar-refractivity contribution is 6.17.